The van der Waals surface area contributed by atoms with Gasteiger partial charge in [0.15, 0.2) is 0 Å². The number of benzene rings is 3. The van der Waals surface area contributed by atoms with Crippen LogP contribution in [0.15, 0.2) is 85.1 Å². The minimum atomic E-state index is -1.06. The second-order valence-electron chi connectivity index (χ2n) is 9.00. The van der Waals surface area contributed by atoms with E-state index in [0.717, 1.165) is 16.3 Å². The summed E-state index contributed by atoms with van der Waals surface area (Å²) in [6.07, 6.45) is 1.58. The molecule has 1 atom stereocenters. The zero-order valence-electron chi connectivity index (χ0n) is 21.3. The third-order valence-corrected chi connectivity index (χ3v) is 6.18. The van der Waals surface area contributed by atoms with Crippen molar-refractivity contribution < 1.29 is 24.3 Å². The Bertz CT molecular complexity index is 1500. The number of nitrogens with zero attached hydrogens (tertiary/aromatic N) is 1. The number of urea groups is 1. The minimum absolute atomic E-state index is 0.126. The van der Waals surface area contributed by atoms with Gasteiger partial charge in [-0.1, -0.05) is 72.8 Å². The number of amides is 4. The van der Waals surface area contributed by atoms with E-state index >= 15 is 0 Å². The molecule has 4 amide bonds. The minimum Gasteiger partial charge on any atom is -0.481 e. The molecule has 0 bridgehead atoms. The third-order valence-electron chi connectivity index (χ3n) is 6.18. The fraction of sp³-hybridized carbons (Fsp3) is 0.172. The number of carboxylic acids is 1. The lowest BCUT2D eigenvalue weighted by Gasteiger charge is -2.15. The van der Waals surface area contributed by atoms with Crippen LogP contribution in [0.3, 0.4) is 0 Å². The van der Waals surface area contributed by atoms with E-state index in [-0.39, 0.29) is 18.8 Å². The summed E-state index contributed by atoms with van der Waals surface area (Å²) in [6.45, 7) is -0.112. The lowest BCUT2D eigenvalue weighted by Crippen LogP contribution is -2.40. The van der Waals surface area contributed by atoms with E-state index < -0.39 is 29.7 Å². The summed E-state index contributed by atoms with van der Waals surface area (Å²) >= 11 is 0. The largest absolute Gasteiger partial charge is 0.481 e. The Morgan fingerprint density at radius 2 is 1.56 bits per heavy atom. The van der Waals surface area contributed by atoms with Crippen LogP contribution < -0.4 is 21.3 Å². The van der Waals surface area contributed by atoms with Gasteiger partial charge in [0.25, 0.3) is 5.91 Å². The van der Waals surface area contributed by atoms with Gasteiger partial charge in [-0.05, 0) is 28.0 Å². The molecule has 0 saturated carbocycles. The predicted octanol–water partition coefficient (Wildman–Crippen LogP) is 3.21. The Balaban J connectivity index is 1.27. The first kappa shape index (κ1) is 26.9. The molecule has 4 rings (SSSR count). The van der Waals surface area contributed by atoms with Gasteiger partial charge in [0.05, 0.1) is 18.2 Å². The number of hydrogen-bond donors (Lipinski definition) is 5. The SMILES string of the molecule is Cn1cc(NC(=O)NCc2ccccc2)cc1C(=O)NCC(=O)NCC(C(=O)O)c1ccc2ccccc2c1. The van der Waals surface area contributed by atoms with Crippen LogP contribution >= 0.6 is 0 Å². The fourth-order valence-electron chi connectivity index (χ4n) is 4.11. The van der Waals surface area contributed by atoms with Gasteiger partial charge in [-0.2, -0.15) is 0 Å². The summed E-state index contributed by atoms with van der Waals surface area (Å²) < 4.78 is 1.53. The monoisotopic (exact) mass is 527 g/mol. The standard InChI is InChI=1S/C29H29N5O5/c1-34-18-23(33-29(39)32-15-19-7-3-2-4-8-19)14-25(34)27(36)31-17-26(35)30-16-24(28(37)38)22-12-11-20-9-5-6-10-21(20)13-22/h2-14,18,24H,15-17H2,1H3,(H,30,35)(H,31,36)(H,37,38)(H2,32,33,39). The van der Waals surface area contributed by atoms with Crippen molar-refractivity contribution in [2.45, 2.75) is 12.5 Å². The first-order valence-corrected chi connectivity index (χ1v) is 12.3. The molecule has 10 heteroatoms. The van der Waals surface area contributed by atoms with Crippen LogP contribution in [-0.4, -0.2) is 46.6 Å². The first-order valence-electron chi connectivity index (χ1n) is 12.3. The number of aliphatic carboxylic acids is 1. The third kappa shape index (κ3) is 7.22. The Labute approximate surface area is 225 Å². The Morgan fingerprint density at radius 3 is 2.31 bits per heavy atom. The second-order valence-corrected chi connectivity index (χ2v) is 9.00. The normalized spacial score (nSPS) is 11.4. The van der Waals surface area contributed by atoms with E-state index in [1.54, 1.807) is 25.4 Å². The number of aryl methyl sites for hydroxylation is 1. The lowest BCUT2D eigenvalue weighted by atomic mass is 9.96. The number of carbonyl (C=O) groups is 4. The van der Waals surface area contributed by atoms with Crippen molar-refractivity contribution >= 4 is 40.3 Å². The van der Waals surface area contributed by atoms with Gasteiger partial charge in [-0.3, -0.25) is 14.4 Å². The van der Waals surface area contributed by atoms with Crippen LogP contribution in [-0.2, 0) is 23.2 Å². The molecule has 4 aromatic rings. The van der Waals surface area contributed by atoms with Crippen molar-refractivity contribution in [3.8, 4) is 0 Å². The molecule has 200 valence electrons. The summed E-state index contributed by atoms with van der Waals surface area (Å²) in [4.78, 5) is 49.1. The number of nitrogens with one attached hydrogen (secondary N) is 4. The molecule has 1 heterocycles. The van der Waals surface area contributed by atoms with E-state index in [1.807, 2.05) is 60.7 Å². The van der Waals surface area contributed by atoms with Gasteiger partial charge < -0.3 is 30.9 Å². The predicted molar refractivity (Wildman–Crippen MR) is 147 cm³/mol. The van der Waals surface area contributed by atoms with Crippen LogP contribution in [0.1, 0.15) is 27.5 Å². The zero-order chi connectivity index (χ0) is 27.8. The van der Waals surface area contributed by atoms with Gasteiger partial charge in [0.1, 0.15) is 5.69 Å². The Hall–Kier alpha value is -5.12. The summed E-state index contributed by atoms with van der Waals surface area (Å²) in [6, 6.07) is 23.5. The van der Waals surface area contributed by atoms with E-state index in [1.165, 1.54) is 10.6 Å². The van der Waals surface area contributed by atoms with Crippen molar-refractivity contribution in [2.75, 3.05) is 18.4 Å². The summed E-state index contributed by atoms with van der Waals surface area (Å²) in [5.74, 6) is -3.05. The molecule has 39 heavy (non-hydrogen) atoms. The molecule has 5 N–H and O–H groups in total. The van der Waals surface area contributed by atoms with Crippen LogP contribution in [0, 0.1) is 0 Å². The van der Waals surface area contributed by atoms with E-state index in [2.05, 4.69) is 21.3 Å². The quantitative estimate of drug-likeness (QED) is 0.215. The Morgan fingerprint density at radius 1 is 0.846 bits per heavy atom. The van der Waals surface area contributed by atoms with Crippen molar-refractivity contribution in [3.63, 3.8) is 0 Å². The number of carboxylic acid groups (broad SMARTS) is 1. The highest BCUT2D eigenvalue weighted by Crippen LogP contribution is 2.22. The number of fused-ring (bicyclic) bond motifs is 1. The molecule has 0 aliphatic carbocycles. The van der Waals surface area contributed by atoms with Gasteiger partial charge in [-0.15, -0.1) is 0 Å². The van der Waals surface area contributed by atoms with Crippen LogP contribution in [0.2, 0.25) is 0 Å². The maximum atomic E-state index is 12.6. The molecule has 10 nitrogen and oxygen atoms in total. The molecule has 0 fully saturated rings. The van der Waals surface area contributed by atoms with E-state index in [0.29, 0.717) is 17.8 Å². The fourth-order valence-corrected chi connectivity index (χ4v) is 4.11. The highest BCUT2D eigenvalue weighted by molar-refractivity contribution is 5.98. The van der Waals surface area contributed by atoms with Crippen molar-refractivity contribution in [2.24, 2.45) is 7.05 Å². The number of hydrogen-bond acceptors (Lipinski definition) is 4. The zero-order valence-corrected chi connectivity index (χ0v) is 21.3. The topological polar surface area (TPSA) is 142 Å². The maximum absolute atomic E-state index is 12.6. The van der Waals surface area contributed by atoms with Crippen LogP contribution in [0.5, 0.6) is 0 Å². The van der Waals surface area contributed by atoms with Crippen LogP contribution in [0.4, 0.5) is 10.5 Å². The molecule has 0 aliphatic rings. The average Bonchev–Trinajstić information content (AvgIpc) is 3.30. The van der Waals surface area contributed by atoms with Crippen molar-refractivity contribution in [3.05, 3.63) is 102 Å². The van der Waals surface area contributed by atoms with Gasteiger partial charge in [0.2, 0.25) is 5.91 Å². The van der Waals surface area contributed by atoms with Gasteiger partial charge >= 0.3 is 12.0 Å². The number of anilines is 1. The van der Waals surface area contributed by atoms with Gasteiger partial charge in [0, 0.05) is 26.3 Å². The van der Waals surface area contributed by atoms with Gasteiger partial charge in [-0.25, -0.2) is 4.79 Å². The Kier molecular flexibility index (Phi) is 8.57. The van der Waals surface area contributed by atoms with E-state index in [4.69, 9.17) is 0 Å². The molecule has 0 spiro atoms. The molecule has 1 unspecified atom stereocenters. The summed E-state index contributed by atoms with van der Waals surface area (Å²) in [5.41, 5.74) is 2.17. The first-order chi connectivity index (χ1) is 18.8. The van der Waals surface area contributed by atoms with Crippen molar-refractivity contribution in [1.82, 2.24) is 20.5 Å². The average molecular weight is 528 g/mol. The molecular weight excluding hydrogens is 498 g/mol. The highest BCUT2D eigenvalue weighted by Gasteiger charge is 2.21. The number of carbonyl (C=O) groups excluding carboxylic acids is 3. The molecular formula is C29H29N5O5. The lowest BCUT2D eigenvalue weighted by molar-refractivity contribution is -0.138. The highest BCUT2D eigenvalue weighted by atomic mass is 16.4. The van der Waals surface area contributed by atoms with Crippen LogP contribution in [0.25, 0.3) is 10.8 Å². The van der Waals surface area contributed by atoms with E-state index in [9.17, 15) is 24.3 Å². The number of rotatable bonds is 10. The smallest absolute Gasteiger partial charge is 0.319 e. The molecule has 3 aromatic carbocycles. The second kappa shape index (κ2) is 12.4. The molecule has 0 aliphatic heterocycles. The molecule has 0 radical (unpaired) electrons. The maximum Gasteiger partial charge on any atom is 0.319 e. The number of aromatic nitrogens is 1. The van der Waals surface area contributed by atoms with Crippen molar-refractivity contribution in [1.29, 1.82) is 0 Å². The summed E-state index contributed by atoms with van der Waals surface area (Å²) in [7, 11) is 1.64. The molecule has 1 aromatic heterocycles. The summed E-state index contributed by atoms with van der Waals surface area (Å²) in [5, 5.41) is 22.1. The molecule has 0 saturated heterocycles.